The lowest BCUT2D eigenvalue weighted by atomic mass is 10.2. The summed E-state index contributed by atoms with van der Waals surface area (Å²) in [7, 11) is 3.48. The average Bonchev–Trinajstić information content (AvgIpc) is 2.84. The number of imidazole rings is 1. The SMILES string of the molecule is CC(C)Oc1cccc(NC(=O)NCc2ccc3c(c2)n(C)c(=O)n3C)c1. The normalized spacial score (nSPS) is 11.0. The van der Waals surface area contributed by atoms with Gasteiger partial charge < -0.3 is 15.4 Å². The summed E-state index contributed by atoms with van der Waals surface area (Å²) in [6.45, 7) is 4.26. The zero-order valence-corrected chi connectivity index (χ0v) is 15.9. The van der Waals surface area contributed by atoms with Gasteiger partial charge in [-0.05, 0) is 43.7 Å². The van der Waals surface area contributed by atoms with E-state index >= 15 is 0 Å². The van der Waals surface area contributed by atoms with Gasteiger partial charge in [-0.25, -0.2) is 9.59 Å². The number of aromatic nitrogens is 2. The fourth-order valence-electron chi connectivity index (χ4n) is 2.94. The number of amides is 2. The molecular weight excluding hydrogens is 344 g/mol. The average molecular weight is 368 g/mol. The first-order valence-electron chi connectivity index (χ1n) is 8.81. The van der Waals surface area contributed by atoms with E-state index in [0.717, 1.165) is 16.6 Å². The molecule has 1 heterocycles. The number of hydrogen-bond donors (Lipinski definition) is 2. The molecule has 0 aliphatic carbocycles. The molecule has 0 aliphatic heterocycles. The van der Waals surface area contributed by atoms with E-state index in [1.807, 2.05) is 44.2 Å². The predicted molar refractivity (Wildman–Crippen MR) is 106 cm³/mol. The molecule has 7 heteroatoms. The third-order valence-electron chi connectivity index (χ3n) is 4.25. The number of benzene rings is 2. The molecule has 0 bridgehead atoms. The first kappa shape index (κ1) is 18.6. The highest BCUT2D eigenvalue weighted by atomic mass is 16.5. The second-order valence-corrected chi connectivity index (χ2v) is 6.73. The predicted octanol–water partition coefficient (Wildman–Crippen LogP) is 2.99. The number of rotatable bonds is 5. The smallest absolute Gasteiger partial charge is 0.328 e. The molecular formula is C20H24N4O3. The molecule has 2 amide bonds. The molecule has 142 valence electrons. The molecule has 0 spiro atoms. The second kappa shape index (κ2) is 7.57. The van der Waals surface area contributed by atoms with Crippen molar-refractivity contribution in [3.8, 4) is 5.75 Å². The summed E-state index contributed by atoms with van der Waals surface area (Å²) < 4.78 is 8.83. The summed E-state index contributed by atoms with van der Waals surface area (Å²) >= 11 is 0. The van der Waals surface area contributed by atoms with Gasteiger partial charge in [0.05, 0.1) is 17.1 Å². The lowest BCUT2D eigenvalue weighted by Gasteiger charge is -2.12. The highest BCUT2D eigenvalue weighted by Crippen LogP contribution is 2.18. The van der Waals surface area contributed by atoms with Crippen LogP contribution in [0.3, 0.4) is 0 Å². The molecule has 2 aromatic carbocycles. The van der Waals surface area contributed by atoms with Crippen LogP contribution in [-0.2, 0) is 20.6 Å². The number of nitrogens with one attached hydrogen (secondary N) is 2. The molecule has 0 fully saturated rings. The topological polar surface area (TPSA) is 77.3 Å². The number of aryl methyl sites for hydroxylation is 2. The van der Waals surface area contributed by atoms with Crippen LogP contribution < -0.4 is 21.1 Å². The van der Waals surface area contributed by atoms with Crippen molar-refractivity contribution < 1.29 is 9.53 Å². The molecule has 3 rings (SSSR count). The van der Waals surface area contributed by atoms with E-state index in [-0.39, 0.29) is 17.8 Å². The Bertz CT molecular complexity index is 1030. The van der Waals surface area contributed by atoms with Crippen molar-refractivity contribution in [3.63, 3.8) is 0 Å². The second-order valence-electron chi connectivity index (χ2n) is 6.73. The van der Waals surface area contributed by atoms with E-state index in [9.17, 15) is 9.59 Å². The van der Waals surface area contributed by atoms with E-state index in [4.69, 9.17) is 4.74 Å². The van der Waals surface area contributed by atoms with E-state index in [0.29, 0.717) is 18.0 Å². The fourth-order valence-corrected chi connectivity index (χ4v) is 2.94. The third-order valence-corrected chi connectivity index (χ3v) is 4.25. The summed E-state index contributed by atoms with van der Waals surface area (Å²) in [6, 6.07) is 12.7. The summed E-state index contributed by atoms with van der Waals surface area (Å²) in [4.78, 5) is 24.2. The number of ether oxygens (including phenoxy) is 1. The monoisotopic (exact) mass is 368 g/mol. The Balaban J connectivity index is 1.65. The van der Waals surface area contributed by atoms with Crippen molar-refractivity contribution in [3.05, 3.63) is 58.5 Å². The fraction of sp³-hybridized carbons (Fsp3) is 0.300. The molecule has 3 aromatic rings. The lowest BCUT2D eigenvalue weighted by Crippen LogP contribution is -2.28. The van der Waals surface area contributed by atoms with Crippen LogP contribution >= 0.6 is 0 Å². The molecule has 27 heavy (non-hydrogen) atoms. The Morgan fingerprint density at radius 3 is 2.56 bits per heavy atom. The first-order valence-corrected chi connectivity index (χ1v) is 8.81. The van der Waals surface area contributed by atoms with E-state index in [1.165, 1.54) is 0 Å². The molecule has 0 aliphatic rings. The van der Waals surface area contributed by atoms with Crippen molar-refractivity contribution in [1.29, 1.82) is 0 Å². The standard InChI is InChI=1S/C20H24N4O3/c1-13(2)27-16-7-5-6-15(11-16)22-19(25)21-12-14-8-9-17-18(10-14)24(4)20(26)23(17)3/h5-11,13H,12H2,1-4H3,(H2,21,22,25). The van der Waals surface area contributed by atoms with Gasteiger partial charge in [0.25, 0.3) is 0 Å². The van der Waals surface area contributed by atoms with Gasteiger partial charge in [0, 0.05) is 32.4 Å². The number of hydrogen-bond acceptors (Lipinski definition) is 3. The van der Waals surface area contributed by atoms with Crippen LogP contribution in [0.2, 0.25) is 0 Å². The van der Waals surface area contributed by atoms with Gasteiger partial charge in [-0.15, -0.1) is 0 Å². The number of carbonyl (C=O) groups excluding carboxylic acids is 1. The van der Waals surface area contributed by atoms with Crippen LogP contribution in [0.15, 0.2) is 47.3 Å². The molecule has 0 unspecified atom stereocenters. The van der Waals surface area contributed by atoms with E-state index < -0.39 is 0 Å². The maximum atomic E-state index is 12.2. The number of carbonyl (C=O) groups is 1. The maximum absolute atomic E-state index is 12.2. The summed E-state index contributed by atoms with van der Waals surface area (Å²) in [5.74, 6) is 0.707. The van der Waals surface area contributed by atoms with Crippen LogP contribution in [0.25, 0.3) is 11.0 Å². The van der Waals surface area contributed by atoms with Gasteiger partial charge in [-0.1, -0.05) is 12.1 Å². The molecule has 7 nitrogen and oxygen atoms in total. The Morgan fingerprint density at radius 2 is 1.81 bits per heavy atom. The van der Waals surface area contributed by atoms with Gasteiger partial charge in [0.1, 0.15) is 5.75 Å². The van der Waals surface area contributed by atoms with Gasteiger partial charge in [0.2, 0.25) is 0 Å². The van der Waals surface area contributed by atoms with Crippen molar-refractivity contribution in [1.82, 2.24) is 14.5 Å². The molecule has 0 saturated heterocycles. The number of urea groups is 1. The zero-order valence-electron chi connectivity index (χ0n) is 15.9. The van der Waals surface area contributed by atoms with Crippen molar-refractivity contribution in [2.24, 2.45) is 14.1 Å². The molecule has 1 aromatic heterocycles. The maximum Gasteiger partial charge on any atom is 0.328 e. The lowest BCUT2D eigenvalue weighted by molar-refractivity contribution is 0.242. The highest BCUT2D eigenvalue weighted by Gasteiger charge is 2.09. The third kappa shape index (κ3) is 4.13. The van der Waals surface area contributed by atoms with Crippen molar-refractivity contribution in [2.75, 3.05) is 5.32 Å². The molecule has 0 saturated carbocycles. The zero-order chi connectivity index (χ0) is 19.6. The van der Waals surface area contributed by atoms with Gasteiger partial charge in [0.15, 0.2) is 0 Å². The van der Waals surface area contributed by atoms with Gasteiger partial charge >= 0.3 is 11.7 Å². The van der Waals surface area contributed by atoms with Crippen molar-refractivity contribution in [2.45, 2.75) is 26.5 Å². The minimum absolute atomic E-state index is 0.0675. The minimum atomic E-state index is -0.307. The summed E-state index contributed by atoms with van der Waals surface area (Å²) in [5, 5.41) is 5.63. The molecule has 0 radical (unpaired) electrons. The van der Waals surface area contributed by atoms with Crippen LogP contribution in [0.4, 0.5) is 10.5 Å². The number of nitrogens with zero attached hydrogens (tertiary/aromatic N) is 2. The Hall–Kier alpha value is -3.22. The first-order chi connectivity index (χ1) is 12.8. The van der Waals surface area contributed by atoms with E-state index in [1.54, 1.807) is 35.4 Å². The Morgan fingerprint density at radius 1 is 1.07 bits per heavy atom. The Kier molecular flexibility index (Phi) is 5.21. The van der Waals surface area contributed by atoms with Crippen LogP contribution in [0.5, 0.6) is 5.75 Å². The Labute approximate surface area is 157 Å². The van der Waals surface area contributed by atoms with Crippen LogP contribution in [0, 0.1) is 0 Å². The molecule has 0 atom stereocenters. The van der Waals surface area contributed by atoms with Crippen LogP contribution in [-0.4, -0.2) is 21.3 Å². The molecule has 2 N–H and O–H groups in total. The van der Waals surface area contributed by atoms with Gasteiger partial charge in [-0.3, -0.25) is 9.13 Å². The van der Waals surface area contributed by atoms with E-state index in [2.05, 4.69) is 10.6 Å². The largest absolute Gasteiger partial charge is 0.491 e. The quantitative estimate of drug-likeness (QED) is 0.727. The number of fused-ring (bicyclic) bond motifs is 1. The number of anilines is 1. The van der Waals surface area contributed by atoms with Crippen molar-refractivity contribution >= 4 is 22.8 Å². The van der Waals surface area contributed by atoms with Gasteiger partial charge in [-0.2, -0.15) is 0 Å². The minimum Gasteiger partial charge on any atom is -0.491 e. The summed E-state index contributed by atoms with van der Waals surface area (Å²) in [5.41, 5.74) is 3.19. The van der Waals surface area contributed by atoms with Crippen LogP contribution in [0.1, 0.15) is 19.4 Å². The highest BCUT2D eigenvalue weighted by molar-refractivity contribution is 5.89. The summed E-state index contributed by atoms with van der Waals surface area (Å²) in [6.07, 6.45) is 0.0675.